The summed E-state index contributed by atoms with van der Waals surface area (Å²) < 4.78 is 107. The Labute approximate surface area is 201 Å². The van der Waals surface area contributed by atoms with E-state index in [9.17, 15) is 45.0 Å². The second kappa shape index (κ2) is 8.71. The number of aryl methyl sites for hydroxylation is 1. The van der Waals surface area contributed by atoms with Crippen LogP contribution in [0.25, 0.3) is 0 Å². The molecule has 0 bridgehead atoms. The first kappa shape index (κ1) is 26.4. The third kappa shape index (κ3) is 4.35. The van der Waals surface area contributed by atoms with Crippen LogP contribution in [0.15, 0.2) is 42.5 Å². The Balaban J connectivity index is 1.79. The zero-order chi connectivity index (χ0) is 26.7. The van der Waals surface area contributed by atoms with Gasteiger partial charge in [-0.1, -0.05) is 30.3 Å². The first-order valence-electron chi connectivity index (χ1n) is 11.3. The van der Waals surface area contributed by atoms with E-state index in [-0.39, 0.29) is 32.2 Å². The molecule has 4 atom stereocenters. The maximum atomic E-state index is 14.7. The number of carbonyl (C=O) groups is 1. The highest BCUT2D eigenvalue weighted by Gasteiger charge is 2.57. The molecule has 1 saturated heterocycles. The topological polar surface area (TPSA) is 40.5 Å². The highest BCUT2D eigenvalue weighted by Crippen LogP contribution is 2.51. The van der Waals surface area contributed by atoms with Crippen LogP contribution in [0.1, 0.15) is 42.0 Å². The summed E-state index contributed by atoms with van der Waals surface area (Å²) >= 11 is 0. The van der Waals surface area contributed by atoms with Crippen molar-refractivity contribution in [3.63, 3.8) is 0 Å². The van der Waals surface area contributed by atoms with Crippen LogP contribution >= 0.6 is 0 Å². The van der Waals surface area contributed by atoms with E-state index >= 15 is 0 Å². The number of aliphatic hydroxyl groups is 1. The molecule has 0 saturated carbocycles. The van der Waals surface area contributed by atoms with Crippen molar-refractivity contribution in [2.75, 3.05) is 6.54 Å². The van der Waals surface area contributed by atoms with Crippen molar-refractivity contribution < 1.29 is 45.0 Å². The van der Waals surface area contributed by atoms with Gasteiger partial charge in [0, 0.05) is 18.0 Å². The van der Waals surface area contributed by atoms with Gasteiger partial charge < -0.3 is 10.0 Å². The van der Waals surface area contributed by atoms with Gasteiger partial charge in [-0.25, -0.2) is 8.78 Å². The number of amides is 1. The average Bonchev–Trinajstić information content (AvgIpc) is 3.17. The highest BCUT2D eigenvalue weighted by molar-refractivity contribution is 5.82. The number of nitrogens with zero attached hydrogens (tertiary/aromatic N) is 1. The Morgan fingerprint density at radius 2 is 1.72 bits per heavy atom. The molecule has 2 aromatic carbocycles. The fraction of sp³-hybridized carbons (Fsp3) is 0.480. The van der Waals surface area contributed by atoms with Gasteiger partial charge >= 0.3 is 12.4 Å². The molecule has 1 aliphatic carbocycles. The molecule has 1 amide bonds. The number of likely N-dealkylation sites (tertiary alicyclic amines) is 1. The summed E-state index contributed by atoms with van der Waals surface area (Å²) in [4.78, 5) is 13.6. The molecule has 2 aliphatic rings. The molecule has 0 aromatic heterocycles. The van der Waals surface area contributed by atoms with Crippen molar-refractivity contribution in [3.05, 3.63) is 70.5 Å². The van der Waals surface area contributed by atoms with Crippen molar-refractivity contribution in [3.8, 4) is 0 Å². The summed E-state index contributed by atoms with van der Waals surface area (Å²) in [6.07, 6.45) is -13.0. The molecule has 0 radical (unpaired) electrons. The molecule has 1 aliphatic heterocycles. The van der Waals surface area contributed by atoms with Crippen LogP contribution in [0.5, 0.6) is 0 Å². The van der Waals surface area contributed by atoms with Gasteiger partial charge in [-0.15, -0.1) is 0 Å². The molecule has 1 fully saturated rings. The molecular formula is C25H23F8NO2. The van der Waals surface area contributed by atoms with Crippen molar-refractivity contribution in [2.24, 2.45) is 0 Å². The van der Waals surface area contributed by atoms with Gasteiger partial charge in [-0.3, -0.25) is 4.79 Å². The first-order chi connectivity index (χ1) is 16.6. The fourth-order valence-corrected chi connectivity index (χ4v) is 5.55. The summed E-state index contributed by atoms with van der Waals surface area (Å²) in [7, 11) is 0. The Kier molecular flexibility index (Phi) is 6.38. The molecule has 1 heterocycles. The zero-order valence-corrected chi connectivity index (χ0v) is 19.1. The van der Waals surface area contributed by atoms with E-state index in [1.807, 2.05) is 0 Å². The van der Waals surface area contributed by atoms with E-state index < -0.39 is 52.9 Å². The predicted molar refractivity (Wildman–Crippen MR) is 113 cm³/mol. The maximum Gasteiger partial charge on any atom is 0.426 e. The lowest BCUT2D eigenvalue weighted by Crippen LogP contribution is -2.53. The summed E-state index contributed by atoms with van der Waals surface area (Å²) in [5, 5.41) is 9.60. The van der Waals surface area contributed by atoms with Gasteiger partial charge in [-0.05, 0) is 67.0 Å². The van der Waals surface area contributed by atoms with Crippen LogP contribution in [0, 0.1) is 5.82 Å². The SMILES string of the molecule is CC(F)(c1ccc2c(c1)CC[C@H]1N(C(=O)[C@H](O)C(F)(F)F)CC[C@@]21Cc1ccc(F)cc1)C(F)(F)F. The van der Waals surface area contributed by atoms with Crippen LogP contribution in [-0.4, -0.2) is 47.0 Å². The first-order valence-corrected chi connectivity index (χ1v) is 11.3. The molecule has 1 unspecified atom stereocenters. The Morgan fingerprint density at radius 3 is 2.31 bits per heavy atom. The van der Waals surface area contributed by atoms with Crippen LogP contribution in [0.3, 0.4) is 0 Å². The maximum absolute atomic E-state index is 14.7. The number of hydrogen-bond acceptors (Lipinski definition) is 2. The monoisotopic (exact) mass is 521 g/mol. The normalized spacial score (nSPS) is 24.6. The van der Waals surface area contributed by atoms with E-state index in [1.54, 1.807) is 0 Å². The van der Waals surface area contributed by atoms with Gasteiger partial charge in [0.25, 0.3) is 5.91 Å². The summed E-state index contributed by atoms with van der Waals surface area (Å²) in [6.45, 7) is 0.297. The lowest BCUT2D eigenvalue weighted by molar-refractivity contribution is -0.228. The summed E-state index contributed by atoms with van der Waals surface area (Å²) in [6, 6.07) is 8.06. The third-order valence-corrected chi connectivity index (χ3v) is 7.48. The van der Waals surface area contributed by atoms with Crippen LogP contribution in [0.4, 0.5) is 35.1 Å². The Bertz CT molecular complexity index is 1140. The second-order valence-electron chi connectivity index (χ2n) is 9.61. The fourth-order valence-electron chi connectivity index (χ4n) is 5.55. The number of alkyl halides is 7. The molecule has 3 nitrogen and oxygen atoms in total. The molecule has 4 rings (SSSR count). The number of carbonyl (C=O) groups excluding carboxylic acids is 1. The average molecular weight is 521 g/mol. The van der Waals surface area contributed by atoms with Crippen molar-refractivity contribution in [1.29, 1.82) is 0 Å². The highest BCUT2D eigenvalue weighted by atomic mass is 19.4. The van der Waals surface area contributed by atoms with E-state index in [0.29, 0.717) is 23.6 Å². The minimum absolute atomic E-state index is 0.0961. The van der Waals surface area contributed by atoms with Crippen molar-refractivity contribution in [1.82, 2.24) is 4.90 Å². The molecule has 11 heteroatoms. The summed E-state index contributed by atoms with van der Waals surface area (Å²) in [5.41, 5.74) is -3.71. The Morgan fingerprint density at radius 1 is 1.08 bits per heavy atom. The number of rotatable bonds is 4. The molecule has 36 heavy (non-hydrogen) atoms. The molecule has 2 aromatic rings. The molecular weight excluding hydrogens is 498 g/mol. The van der Waals surface area contributed by atoms with Gasteiger partial charge in [0.2, 0.25) is 11.8 Å². The molecule has 1 N–H and O–H groups in total. The summed E-state index contributed by atoms with van der Waals surface area (Å²) in [5.74, 6) is -2.01. The van der Waals surface area contributed by atoms with E-state index in [0.717, 1.165) is 17.0 Å². The lowest BCUT2D eigenvalue weighted by Gasteiger charge is -2.44. The third-order valence-electron chi connectivity index (χ3n) is 7.48. The smallest absolute Gasteiger partial charge is 0.376 e. The number of fused-ring (bicyclic) bond motifs is 3. The van der Waals surface area contributed by atoms with Gasteiger partial charge in [-0.2, -0.15) is 26.3 Å². The van der Waals surface area contributed by atoms with E-state index in [1.165, 1.54) is 30.3 Å². The number of halogens is 8. The minimum Gasteiger partial charge on any atom is -0.376 e. The quantitative estimate of drug-likeness (QED) is 0.539. The Hall–Kier alpha value is -2.69. The predicted octanol–water partition coefficient (Wildman–Crippen LogP) is 5.52. The number of aliphatic hydroxyl groups excluding tert-OH is 1. The number of benzene rings is 2. The molecule has 0 spiro atoms. The van der Waals surface area contributed by atoms with E-state index in [2.05, 4.69) is 0 Å². The lowest BCUT2D eigenvalue weighted by atomic mass is 9.63. The van der Waals surface area contributed by atoms with E-state index in [4.69, 9.17) is 0 Å². The standard InChI is InChI=1S/C25H23F8NO2/c1-22(27,25(31,32)33)16-5-8-18-15(12-16)4-9-19-23(18,13-14-2-6-17(26)7-3-14)10-11-34(19)21(36)20(35)24(28,29)30/h2-3,5-8,12,19-20,35H,4,9-11,13H2,1H3/t19-,20+,22?,23-/m1/s1. The van der Waals surface area contributed by atoms with Crippen molar-refractivity contribution in [2.45, 2.75) is 68.2 Å². The molecule has 196 valence electrons. The number of hydrogen-bond donors (Lipinski definition) is 1. The van der Waals surface area contributed by atoms with Gasteiger partial charge in [0.05, 0.1) is 0 Å². The second-order valence-corrected chi connectivity index (χ2v) is 9.61. The van der Waals surface area contributed by atoms with Crippen LogP contribution < -0.4 is 0 Å². The minimum atomic E-state index is -5.16. The van der Waals surface area contributed by atoms with Crippen LogP contribution in [-0.2, 0) is 28.7 Å². The van der Waals surface area contributed by atoms with Crippen LogP contribution in [0.2, 0.25) is 0 Å². The van der Waals surface area contributed by atoms with Crippen molar-refractivity contribution >= 4 is 5.91 Å². The van der Waals surface area contributed by atoms with Gasteiger partial charge in [0.15, 0.2) is 0 Å². The van der Waals surface area contributed by atoms with Gasteiger partial charge in [0.1, 0.15) is 5.82 Å². The largest absolute Gasteiger partial charge is 0.426 e. The zero-order valence-electron chi connectivity index (χ0n) is 19.1.